The molecule has 3 rings (SSSR count). The van der Waals surface area contributed by atoms with Crippen LogP contribution in [0.1, 0.15) is 29.4 Å². The lowest BCUT2D eigenvalue weighted by molar-refractivity contribution is 0.217. The second-order valence-corrected chi connectivity index (χ2v) is 6.33. The predicted molar refractivity (Wildman–Crippen MR) is 88.1 cm³/mol. The van der Waals surface area contributed by atoms with E-state index in [9.17, 15) is 4.79 Å². The van der Waals surface area contributed by atoms with Gasteiger partial charge < -0.3 is 14.6 Å². The van der Waals surface area contributed by atoms with E-state index in [1.807, 2.05) is 11.6 Å². The zero-order chi connectivity index (χ0) is 17.1. The van der Waals surface area contributed by atoms with Crippen molar-refractivity contribution in [3.8, 4) is 0 Å². The normalized spacial score (nSPS) is 15.0. The number of aromatic nitrogens is 3. The van der Waals surface area contributed by atoms with Crippen molar-refractivity contribution in [2.45, 2.75) is 39.5 Å². The zero-order valence-corrected chi connectivity index (χ0v) is 14.4. The molecule has 2 amide bonds. The van der Waals surface area contributed by atoms with Gasteiger partial charge in [-0.2, -0.15) is 5.10 Å². The molecule has 0 atom stereocenters. The Kier molecular flexibility index (Phi) is 4.84. The molecular formula is C16H24N6O2. The quantitative estimate of drug-likeness (QED) is 0.914. The van der Waals surface area contributed by atoms with Crippen molar-refractivity contribution >= 4 is 6.03 Å². The highest BCUT2D eigenvalue weighted by molar-refractivity contribution is 5.73. The van der Waals surface area contributed by atoms with Crippen LogP contribution < -0.4 is 5.32 Å². The van der Waals surface area contributed by atoms with Gasteiger partial charge >= 0.3 is 6.03 Å². The molecule has 0 spiro atoms. The molecule has 0 unspecified atom stereocenters. The van der Waals surface area contributed by atoms with E-state index in [1.54, 1.807) is 20.4 Å². The fourth-order valence-electron chi connectivity index (χ4n) is 2.84. The number of amides is 2. The van der Waals surface area contributed by atoms with E-state index in [1.165, 1.54) is 10.6 Å². The average Bonchev–Trinajstić information content (AvgIpc) is 3.06. The minimum absolute atomic E-state index is 0.110. The van der Waals surface area contributed by atoms with Crippen molar-refractivity contribution < 1.29 is 9.21 Å². The number of aryl methyl sites for hydroxylation is 2. The number of nitrogens with one attached hydrogen (secondary N) is 1. The van der Waals surface area contributed by atoms with Gasteiger partial charge in [0.2, 0.25) is 0 Å². The topological polar surface area (TPSA) is 79.4 Å². The summed E-state index contributed by atoms with van der Waals surface area (Å²) in [4.78, 5) is 19.9. The van der Waals surface area contributed by atoms with E-state index >= 15 is 0 Å². The molecule has 0 fully saturated rings. The summed E-state index contributed by atoms with van der Waals surface area (Å²) in [7, 11) is 3.45. The minimum atomic E-state index is -0.110. The van der Waals surface area contributed by atoms with Crippen LogP contribution in [0.25, 0.3) is 0 Å². The standard InChI is InChI=1S/C16H24N6O2/c1-12-18-14(11-24-12)9-21-5-4-6-22-15(10-21)7-13(19-22)8-17-16(23)20(2)3/h7,11H,4-6,8-10H2,1-3H3,(H,17,23). The third kappa shape index (κ3) is 3.94. The summed E-state index contributed by atoms with van der Waals surface area (Å²) in [5.41, 5.74) is 3.01. The van der Waals surface area contributed by atoms with Gasteiger partial charge in [-0.3, -0.25) is 9.58 Å². The highest BCUT2D eigenvalue weighted by atomic mass is 16.3. The number of fused-ring (bicyclic) bond motifs is 1. The fraction of sp³-hybridized carbons (Fsp3) is 0.562. The van der Waals surface area contributed by atoms with Crippen molar-refractivity contribution in [1.29, 1.82) is 0 Å². The number of rotatable bonds is 4. The van der Waals surface area contributed by atoms with E-state index in [2.05, 4.69) is 26.4 Å². The predicted octanol–water partition coefficient (Wildman–Crippen LogP) is 1.36. The van der Waals surface area contributed by atoms with Crippen LogP contribution >= 0.6 is 0 Å². The third-order valence-electron chi connectivity index (χ3n) is 4.02. The molecule has 0 bridgehead atoms. The maximum atomic E-state index is 11.6. The molecule has 8 heteroatoms. The first-order valence-electron chi connectivity index (χ1n) is 8.15. The highest BCUT2D eigenvalue weighted by Gasteiger charge is 2.18. The SMILES string of the molecule is Cc1nc(CN2CCCn3nc(CNC(=O)N(C)C)cc3C2)co1. The number of oxazole rings is 1. The van der Waals surface area contributed by atoms with Crippen LogP contribution in [0.4, 0.5) is 4.79 Å². The van der Waals surface area contributed by atoms with Crippen molar-refractivity contribution in [3.05, 3.63) is 35.3 Å². The van der Waals surface area contributed by atoms with E-state index in [4.69, 9.17) is 4.42 Å². The smallest absolute Gasteiger partial charge is 0.317 e. The Labute approximate surface area is 141 Å². The molecule has 1 N–H and O–H groups in total. The van der Waals surface area contributed by atoms with Crippen LogP contribution in [0.3, 0.4) is 0 Å². The second-order valence-electron chi connectivity index (χ2n) is 6.33. The number of carbonyl (C=O) groups excluding carboxylic acids is 1. The van der Waals surface area contributed by atoms with Gasteiger partial charge in [0, 0.05) is 47.2 Å². The number of hydrogen-bond donors (Lipinski definition) is 1. The Bertz CT molecular complexity index is 705. The maximum absolute atomic E-state index is 11.6. The van der Waals surface area contributed by atoms with Gasteiger partial charge in [-0.05, 0) is 12.5 Å². The van der Waals surface area contributed by atoms with E-state index in [0.717, 1.165) is 44.0 Å². The molecule has 0 radical (unpaired) electrons. The Morgan fingerprint density at radius 3 is 2.92 bits per heavy atom. The molecule has 3 heterocycles. The zero-order valence-electron chi connectivity index (χ0n) is 14.4. The Balaban J connectivity index is 1.63. The Morgan fingerprint density at radius 1 is 1.38 bits per heavy atom. The molecule has 0 saturated heterocycles. The van der Waals surface area contributed by atoms with E-state index in [-0.39, 0.29) is 6.03 Å². The van der Waals surface area contributed by atoms with Crippen molar-refractivity contribution in [2.75, 3.05) is 20.6 Å². The summed E-state index contributed by atoms with van der Waals surface area (Å²) in [5.74, 6) is 0.698. The fourth-order valence-corrected chi connectivity index (χ4v) is 2.84. The third-order valence-corrected chi connectivity index (χ3v) is 4.02. The lowest BCUT2D eigenvalue weighted by atomic mass is 10.3. The molecule has 8 nitrogen and oxygen atoms in total. The number of urea groups is 1. The average molecular weight is 332 g/mol. The van der Waals surface area contributed by atoms with Gasteiger partial charge in [-0.25, -0.2) is 9.78 Å². The number of carbonyl (C=O) groups is 1. The molecule has 1 aliphatic rings. The summed E-state index contributed by atoms with van der Waals surface area (Å²) in [6.07, 6.45) is 2.76. The molecule has 2 aromatic rings. The lowest BCUT2D eigenvalue weighted by Crippen LogP contribution is -2.34. The van der Waals surface area contributed by atoms with Crippen molar-refractivity contribution in [1.82, 2.24) is 29.9 Å². The highest BCUT2D eigenvalue weighted by Crippen LogP contribution is 2.16. The summed E-state index contributed by atoms with van der Waals surface area (Å²) in [6, 6.07) is 1.96. The Morgan fingerprint density at radius 2 is 2.21 bits per heavy atom. The van der Waals surface area contributed by atoms with Crippen LogP contribution in [0, 0.1) is 6.92 Å². The molecule has 24 heavy (non-hydrogen) atoms. The van der Waals surface area contributed by atoms with Gasteiger partial charge in [0.25, 0.3) is 0 Å². The van der Waals surface area contributed by atoms with Crippen LogP contribution in [0.2, 0.25) is 0 Å². The first-order valence-corrected chi connectivity index (χ1v) is 8.15. The van der Waals surface area contributed by atoms with Crippen LogP contribution in [0.5, 0.6) is 0 Å². The molecule has 1 aliphatic heterocycles. The molecule has 0 aliphatic carbocycles. The Hall–Kier alpha value is -2.35. The van der Waals surface area contributed by atoms with Crippen molar-refractivity contribution in [2.24, 2.45) is 0 Å². The molecule has 130 valence electrons. The molecule has 0 aromatic carbocycles. The maximum Gasteiger partial charge on any atom is 0.317 e. The monoisotopic (exact) mass is 332 g/mol. The number of hydrogen-bond acceptors (Lipinski definition) is 5. The summed E-state index contributed by atoms with van der Waals surface area (Å²) < 4.78 is 7.33. The van der Waals surface area contributed by atoms with Crippen LogP contribution in [-0.4, -0.2) is 51.2 Å². The number of nitrogens with zero attached hydrogens (tertiary/aromatic N) is 5. The molecule has 0 saturated carbocycles. The van der Waals surface area contributed by atoms with Crippen LogP contribution in [0.15, 0.2) is 16.7 Å². The first kappa shape index (κ1) is 16.5. The van der Waals surface area contributed by atoms with E-state index in [0.29, 0.717) is 12.4 Å². The van der Waals surface area contributed by atoms with E-state index < -0.39 is 0 Å². The van der Waals surface area contributed by atoms with Gasteiger partial charge in [0.05, 0.1) is 23.6 Å². The van der Waals surface area contributed by atoms with Gasteiger partial charge in [-0.15, -0.1) is 0 Å². The molecular weight excluding hydrogens is 308 g/mol. The lowest BCUT2D eigenvalue weighted by Gasteiger charge is -2.17. The summed E-state index contributed by atoms with van der Waals surface area (Å²) in [6.45, 7) is 5.79. The van der Waals surface area contributed by atoms with Gasteiger partial charge in [0.1, 0.15) is 6.26 Å². The molecule has 2 aromatic heterocycles. The minimum Gasteiger partial charge on any atom is -0.449 e. The van der Waals surface area contributed by atoms with Gasteiger partial charge in [0.15, 0.2) is 5.89 Å². The largest absolute Gasteiger partial charge is 0.449 e. The van der Waals surface area contributed by atoms with Crippen molar-refractivity contribution in [3.63, 3.8) is 0 Å². The van der Waals surface area contributed by atoms with Crippen LogP contribution in [-0.2, 0) is 26.2 Å². The van der Waals surface area contributed by atoms with Gasteiger partial charge in [-0.1, -0.05) is 0 Å². The first-order chi connectivity index (χ1) is 11.5. The summed E-state index contributed by atoms with van der Waals surface area (Å²) in [5, 5.41) is 7.46. The summed E-state index contributed by atoms with van der Waals surface area (Å²) >= 11 is 0. The second kappa shape index (κ2) is 7.04.